The molecule has 0 radical (unpaired) electrons. The van der Waals surface area contributed by atoms with Gasteiger partial charge in [0, 0.05) is 22.6 Å². The molecule has 0 bridgehead atoms. The molecule has 0 atom stereocenters. The first-order valence-corrected chi connectivity index (χ1v) is 7.81. The third kappa shape index (κ3) is 3.97. The first kappa shape index (κ1) is 18.1. The predicted octanol–water partition coefficient (Wildman–Crippen LogP) is 3.54. The van der Waals surface area contributed by atoms with Gasteiger partial charge in [-0.3, -0.25) is 4.79 Å². The van der Waals surface area contributed by atoms with Crippen LogP contribution in [0, 0.1) is 5.82 Å². The lowest BCUT2D eigenvalue weighted by atomic mass is 10.1. The molecular weight excluding hydrogens is 381 g/mol. The zero-order chi connectivity index (χ0) is 17.7. The van der Waals surface area contributed by atoms with Gasteiger partial charge >= 0.3 is 0 Å². The standard InChI is InChI=1S/C17H17BrFNO4/c1-22-14-8-16(24-3)15(23-2)6-10(14)9-20-17(21)12-7-11(18)4-5-13(12)19/h4-8H,9H2,1-3H3,(H,20,21). The van der Waals surface area contributed by atoms with Crippen molar-refractivity contribution in [2.75, 3.05) is 21.3 Å². The van der Waals surface area contributed by atoms with E-state index in [0.717, 1.165) is 0 Å². The summed E-state index contributed by atoms with van der Waals surface area (Å²) in [6.07, 6.45) is 0. The van der Waals surface area contributed by atoms with E-state index in [4.69, 9.17) is 14.2 Å². The summed E-state index contributed by atoms with van der Waals surface area (Å²) in [5.41, 5.74) is 0.641. The summed E-state index contributed by atoms with van der Waals surface area (Å²) in [5.74, 6) is 0.446. The number of amides is 1. The molecule has 0 fully saturated rings. The second-order valence-electron chi connectivity index (χ2n) is 4.83. The van der Waals surface area contributed by atoms with Crippen molar-refractivity contribution in [2.45, 2.75) is 6.54 Å². The Bertz CT molecular complexity index is 752. The minimum Gasteiger partial charge on any atom is -0.496 e. The van der Waals surface area contributed by atoms with Crippen LogP contribution in [0.4, 0.5) is 4.39 Å². The molecule has 0 saturated heterocycles. The molecule has 1 amide bonds. The molecule has 1 N–H and O–H groups in total. The van der Waals surface area contributed by atoms with Crippen molar-refractivity contribution >= 4 is 21.8 Å². The van der Waals surface area contributed by atoms with Crippen molar-refractivity contribution in [3.63, 3.8) is 0 Å². The third-order valence-corrected chi connectivity index (χ3v) is 3.89. The monoisotopic (exact) mass is 397 g/mol. The average molecular weight is 398 g/mol. The Balaban J connectivity index is 2.22. The number of benzene rings is 2. The molecule has 0 aliphatic carbocycles. The summed E-state index contributed by atoms with van der Waals surface area (Å²) < 4.78 is 30.1. The summed E-state index contributed by atoms with van der Waals surface area (Å²) in [4.78, 5) is 12.2. The first-order chi connectivity index (χ1) is 11.5. The van der Waals surface area contributed by atoms with Gasteiger partial charge in [0.2, 0.25) is 0 Å². The molecule has 7 heteroatoms. The summed E-state index contributed by atoms with van der Waals surface area (Å²) >= 11 is 3.22. The van der Waals surface area contributed by atoms with Gasteiger partial charge in [-0.15, -0.1) is 0 Å². The number of carbonyl (C=O) groups excluding carboxylic acids is 1. The van der Waals surface area contributed by atoms with Gasteiger partial charge in [-0.25, -0.2) is 4.39 Å². The molecule has 24 heavy (non-hydrogen) atoms. The number of hydrogen-bond donors (Lipinski definition) is 1. The van der Waals surface area contributed by atoms with Crippen LogP contribution in [0.25, 0.3) is 0 Å². The van der Waals surface area contributed by atoms with E-state index in [1.54, 1.807) is 12.1 Å². The first-order valence-electron chi connectivity index (χ1n) is 7.02. The molecule has 0 aliphatic rings. The zero-order valence-corrected chi connectivity index (χ0v) is 15.1. The number of ether oxygens (including phenoxy) is 3. The molecule has 2 rings (SSSR count). The van der Waals surface area contributed by atoms with Crippen molar-refractivity contribution in [3.8, 4) is 17.2 Å². The molecule has 0 unspecified atom stereocenters. The van der Waals surface area contributed by atoms with E-state index in [-0.39, 0.29) is 12.1 Å². The predicted molar refractivity (Wildman–Crippen MR) is 91.4 cm³/mol. The quantitative estimate of drug-likeness (QED) is 0.809. The largest absolute Gasteiger partial charge is 0.496 e. The van der Waals surface area contributed by atoms with Crippen LogP contribution in [0.2, 0.25) is 0 Å². The van der Waals surface area contributed by atoms with Crippen molar-refractivity contribution in [1.29, 1.82) is 0 Å². The van der Waals surface area contributed by atoms with E-state index in [1.807, 2.05) is 0 Å². The van der Waals surface area contributed by atoms with Crippen LogP contribution in [0.1, 0.15) is 15.9 Å². The summed E-state index contributed by atoms with van der Waals surface area (Å²) in [7, 11) is 4.55. The van der Waals surface area contributed by atoms with Crippen molar-refractivity contribution < 1.29 is 23.4 Å². The van der Waals surface area contributed by atoms with E-state index in [0.29, 0.717) is 27.3 Å². The Kier molecular flexibility index (Phi) is 6.03. The maximum Gasteiger partial charge on any atom is 0.254 e. The van der Waals surface area contributed by atoms with E-state index >= 15 is 0 Å². The van der Waals surface area contributed by atoms with E-state index < -0.39 is 11.7 Å². The molecule has 0 spiro atoms. The number of carbonyl (C=O) groups is 1. The number of halogens is 2. The highest BCUT2D eigenvalue weighted by atomic mass is 79.9. The highest BCUT2D eigenvalue weighted by molar-refractivity contribution is 9.10. The van der Waals surface area contributed by atoms with Crippen molar-refractivity contribution in [1.82, 2.24) is 5.32 Å². The van der Waals surface area contributed by atoms with Crippen LogP contribution in [0.3, 0.4) is 0 Å². The Hall–Kier alpha value is -2.28. The minimum absolute atomic E-state index is 0.0381. The van der Waals surface area contributed by atoms with E-state index in [1.165, 1.54) is 39.5 Å². The Morgan fingerprint density at radius 2 is 1.67 bits per heavy atom. The lowest BCUT2D eigenvalue weighted by molar-refractivity contribution is 0.0946. The number of hydrogen-bond acceptors (Lipinski definition) is 4. The molecule has 0 heterocycles. The van der Waals surface area contributed by atoms with Crippen LogP contribution in [-0.2, 0) is 6.54 Å². The fraction of sp³-hybridized carbons (Fsp3) is 0.235. The topological polar surface area (TPSA) is 56.8 Å². The average Bonchev–Trinajstić information content (AvgIpc) is 2.60. The second kappa shape index (κ2) is 8.01. The molecule has 2 aromatic rings. The van der Waals surface area contributed by atoms with Crippen LogP contribution in [0.15, 0.2) is 34.8 Å². The van der Waals surface area contributed by atoms with Gasteiger partial charge in [0.1, 0.15) is 11.6 Å². The van der Waals surface area contributed by atoms with E-state index in [2.05, 4.69) is 21.2 Å². The van der Waals surface area contributed by atoms with E-state index in [9.17, 15) is 9.18 Å². The number of rotatable bonds is 6. The molecular formula is C17H17BrFNO4. The van der Waals surface area contributed by atoms with Gasteiger partial charge in [-0.1, -0.05) is 15.9 Å². The molecule has 5 nitrogen and oxygen atoms in total. The summed E-state index contributed by atoms with van der Waals surface area (Å²) in [5, 5.41) is 2.67. The van der Waals surface area contributed by atoms with Gasteiger partial charge in [0.25, 0.3) is 5.91 Å². The Morgan fingerprint density at radius 1 is 1.04 bits per heavy atom. The fourth-order valence-corrected chi connectivity index (χ4v) is 2.53. The molecule has 0 aliphatic heterocycles. The third-order valence-electron chi connectivity index (χ3n) is 3.40. The van der Waals surface area contributed by atoms with Gasteiger partial charge in [0.05, 0.1) is 26.9 Å². The van der Waals surface area contributed by atoms with Crippen LogP contribution >= 0.6 is 15.9 Å². The SMILES string of the molecule is COc1cc(OC)c(OC)cc1CNC(=O)c1cc(Br)ccc1F. The molecule has 0 aromatic heterocycles. The normalized spacial score (nSPS) is 10.2. The Labute approximate surface area is 147 Å². The second-order valence-corrected chi connectivity index (χ2v) is 5.74. The number of nitrogens with one attached hydrogen (secondary N) is 1. The highest BCUT2D eigenvalue weighted by Gasteiger charge is 2.15. The lowest BCUT2D eigenvalue weighted by Gasteiger charge is -2.14. The van der Waals surface area contributed by atoms with Crippen LogP contribution in [0.5, 0.6) is 17.2 Å². The minimum atomic E-state index is -0.588. The molecule has 0 saturated carbocycles. The smallest absolute Gasteiger partial charge is 0.254 e. The van der Waals surface area contributed by atoms with Crippen molar-refractivity contribution in [3.05, 3.63) is 51.7 Å². The zero-order valence-electron chi connectivity index (χ0n) is 13.5. The Morgan fingerprint density at radius 3 is 2.29 bits per heavy atom. The lowest BCUT2D eigenvalue weighted by Crippen LogP contribution is -2.24. The van der Waals surface area contributed by atoms with Crippen molar-refractivity contribution in [2.24, 2.45) is 0 Å². The summed E-state index contributed by atoms with van der Waals surface area (Å²) in [6.45, 7) is 0.147. The van der Waals surface area contributed by atoms with Gasteiger partial charge in [-0.05, 0) is 24.3 Å². The molecule has 2 aromatic carbocycles. The number of methoxy groups -OCH3 is 3. The van der Waals surface area contributed by atoms with Gasteiger partial charge in [-0.2, -0.15) is 0 Å². The summed E-state index contributed by atoms with van der Waals surface area (Å²) in [6, 6.07) is 7.56. The fourth-order valence-electron chi connectivity index (χ4n) is 2.17. The maximum atomic E-state index is 13.8. The van der Waals surface area contributed by atoms with Gasteiger partial charge < -0.3 is 19.5 Å². The van der Waals surface area contributed by atoms with Gasteiger partial charge in [0.15, 0.2) is 11.5 Å². The maximum absolute atomic E-state index is 13.8. The molecule has 128 valence electrons. The van der Waals surface area contributed by atoms with Crippen LogP contribution in [-0.4, -0.2) is 27.2 Å². The van der Waals surface area contributed by atoms with Crippen LogP contribution < -0.4 is 19.5 Å². The highest BCUT2D eigenvalue weighted by Crippen LogP contribution is 2.34.